The molecule has 0 radical (unpaired) electrons. The molecule has 0 N–H and O–H groups in total. The van der Waals surface area contributed by atoms with Gasteiger partial charge in [-0.1, -0.05) is 37.3 Å². The van der Waals surface area contributed by atoms with Crippen LogP contribution in [0.25, 0.3) is 0 Å². The maximum atomic E-state index is 12.4. The number of rotatable bonds is 4. The summed E-state index contributed by atoms with van der Waals surface area (Å²) in [6.07, 6.45) is 0. The van der Waals surface area contributed by atoms with Crippen molar-refractivity contribution < 1.29 is 9.53 Å². The van der Waals surface area contributed by atoms with Crippen LogP contribution in [0.1, 0.15) is 32.4 Å². The summed E-state index contributed by atoms with van der Waals surface area (Å²) < 4.78 is 5.31. The smallest absolute Gasteiger partial charge is 0.328 e. The van der Waals surface area contributed by atoms with Gasteiger partial charge in [0, 0.05) is 23.6 Å². The normalized spacial score (nSPS) is 25.1. The van der Waals surface area contributed by atoms with Crippen molar-refractivity contribution in [1.29, 1.82) is 0 Å². The molecule has 0 amide bonds. The van der Waals surface area contributed by atoms with E-state index < -0.39 is 0 Å². The molecule has 1 aromatic rings. The fourth-order valence-electron chi connectivity index (χ4n) is 2.64. The molecule has 0 bridgehead atoms. The molecule has 3 atom stereocenters. The van der Waals surface area contributed by atoms with E-state index in [1.165, 1.54) is 0 Å². The second kappa shape index (κ2) is 7.14. The van der Waals surface area contributed by atoms with Crippen molar-refractivity contribution in [2.24, 2.45) is 0 Å². The average Bonchev–Trinajstić information content (AvgIpc) is 2.45. The lowest BCUT2D eigenvalue weighted by atomic mass is 10.0. The lowest BCUT2D eigenvalue weighted by Crippen LogP contribution is -2.49. The maximum Gasteiger partial charge on any atom is 0.328 e. The Morgan fingerprint density at radius 1 is 1.40 bits per heavy atom. The molecule has 1 aromatic carbocycles. The largest absolute Gasteiger partial charge is 0.465 e. The lowest BCUT2D eigenvalue weighted by Gasteiger charge is -2.41. The number of thioether (sulfide) groups is 1. The zero-order valence-corrected chi connectivity index (χ0v) is 13.2. The Balaban J connectivity index is 2.29. The Bertz CT molecular complexity index is 437. The van der Waals surface area contributed by atoms with Gasteiger partial charge in [-0.2, -0.15) is 11.8 Å². The van der Waals surface area contributed by atoms with Crippen LogP contribution in [0.5, 0.6) is 0 Å². The fourth-order valence-corrected chi connectivity index (χ4v) is 3.76. The summed E-state index contributed by atoms with van der Waals surface area (Å²) in [5, 5.41) is 0.532. The van der Waals surface area contributed by atoms with Crippen molar-refractivity contribution in [3.05, 3.63) is 35.9 Å². The van der Waals surface area contributed by atoms with E-state index in [1.54, 1.807) is 0 Å². The second-order valence-electron chi connectivity index (χ2n) is 5.12. The van der Waals surface area contributed by atoms with Crippen molar-refractivity contribution in [1.82, 2.24) is 4.90 Å². The monoisotopic (exact) mass is 293 g/mol. The number of hydrogen-bond donors (Lipinski definition) is 0. The predicted molar refractivity (Wildman–Crippen MR) is 83.9 cm³/mol. The van der Waals surface area contributed by atoms with E-state index in [4.69, 9.17) is 4.74 Å². The van der Waals surface area contributed by atoms with Crippen LogP contribution in [0.4, 0.5) is 0 Å². The quantitative estimate of drug-likeness (QED) is 0.798. The molecule has 4 heteroatoms. The van der Waals surface area contributed by atoms with Gasteiger partial charge in [-0.15, -0.1) is 0 Å². The Kier molecular flexibility index (Phi) is 5.49. The van der Waals surface area contributed by atoms with E-state index in [2.05, 4.69) is 18.7 Å². The molecule has 0 aliphatic carbocycles. The number of carbonyl (C=O) groups excluding carboxylic acids is 1. The summed E-state index contributed by atoms with van der Waals surface area (Å²) in [6.45, 7) is 7.64. The minimum absolute atomic E-state index is 0.135. The van der Waals surface area contributed by atoms with E-state index in [0.29, 0.717) is 17.9 Å². The minimum Gasteiger partial charge on any atom is -0.465 e. The molecule has 2 rings (SSSR count). The third kappa shape index (κ3) is 3.36. The number of hydrogen-bond acceptors (Lipinski definition) is 4. The molecule has 1 saturated heterocycles. The third-order valence-electron chi connectivity index (χ3n) is 3.89. The van der Waals surface area contributed by atoms with Gasteiger partial charge >= 0.3 is 5.97 Å². The first kappa shape index (κ1) is 15.4. The fraction of sp³-hybridized carbons (Fsp3) is 0.562. The van der Waals surface area contributed by atoms with E-state index in [0.717, 1.165) is 17.9 Å². The first-order chi connectivity index (χ1) is 9.65. The second-order valence-corrected chi connectivity index (χ2v) is 6.60. The van der Waals surface area contributed by atoms with Crippen LogP contribution in [0.15, 0.2) is 30.3 Å². The maximum absolute atomic E-state index is 12.4. The van der Waals surface area contributed by atoms with E-state index in [9.17, 15) is 4.79 Å². The number of nitrogens with zero attached hydrogens (tertiary/aromatic N) is 1. The third-order valence-corrected chi connectivity index (χ3v) is 5.23. The summed E-state index contributed by atoms with van der Waals surface area (Å²) in [5.74, 6) is 0.929. The van der Waals surface area contributed by atoms with Crippen LogP contribution in [0, 0.1) is 0 Å². The minimum atomic E-state index is -0.283. The van der Waals surface area contributed by atoms with Crippen molar-refractivity contribution in [2.45, 2.75) is 38.1 Å². The highest BCUT2D eigenvalue weighted by atomic mass is 32.2. The summed E-state index contributed by atoms with van der Waals surface area (Å²) in [7, 11) is 0. The van der Waals surface area contributed by atoms with Crippen molar-refractivity contribution >= 4 is 17.7 Å². The SMILES string of the molecule is CCOC(=O)C(c1ccccc1)N1CCSC(C)C1C. The molecular weight excluding hydrogens is 270 g/mol. The molecule has 0 aromatic heterocycles. The van der Waals surface area contributed by atoms with E-state index in [1.807, 2.05) is 49.0 Å². The number of benzene rings is 1. The number of esters is 1. The van der Waals surface area contributed by atoms with Gasteiger partial charge in [0.2, 0.25) is 0 Å². The molecule has 110 valence electrons. The summed E-state index contributed by atoms with van der Waals surface area (Å²) in [6, 6.07) is 10.0. The summed E-state index contributed by atoms with van der Waals surface area (Å²) in [4.78, 5) is 14.7. The van der Waals surface area contributed by atoms with Gasteiger partial charge in [0.05, 0.1) is 6.61 Å². The number of carbonyl (C=O) groups is 1. The molecule has 3 unspecified atom stereocenters. The van der Waals surface area contributed by atoms with Crippen molar-refractivity contribution in [2.75, 3.05) is 18.9 Å². The average molecular weight is 293 g/mol. The Labute approximate surface area is 125 Å². The standard InChI is InChI=1S/C16H23NO2S/c1-4-19-16(18)15(14-8-6-5-7-9-14)17-10-11-20-13(3)12(17)2/h5-9,12-13,15H,4,10-11H2,1-3H3. The molecule has 1 aliphatic heterocycles. The van der Waals surface area contributed by atoms with Gasteiger partial charge in [-0.05, 0) is 19.4 Å². The summed E-state index contributed by atoms with van der Waals surface area (Å²) >= 11 is 1.97. The molecular formula is C16H23NO2S. The van der Waals surface area contributed by atoms with Gasteiger partial charge in [0.1, 0.15) is 6.04 Å². The summed E-state index contributed by atoms with van der Waals surface area (Å²) in [5.41, 5.74) is 1.02. The molecule has 0 saturated carbocycles. The Hall–Kier alpha value is -1.00. The first-order valence-corrected chi connectivity index (χ1v) is 8.29. The van der Waals surface area contributed by atoms with Gasteiger partial charge < -0.3 is 4.74 Å². The zero-order chi connectivity index (χ0) is 14.5. The van der Waals surface area contributed by atoms with Crippen LogP contribution in [-0.2, 0) is 9.53 Å². The molecule has 3 nitrogen and oxygen atoms in total. The number of ether oxygens (including phenoxy) is 1. The van der Waals surface area contributed by atoms with Gasteiger partial charge in [-0.25, -0.2) is 4.79 Å². The van der Waals surface area contributed by atoms with Crippen LogP contribution in [0.3, 0.4) is 0 Å². The Morgan fingerprint density at radius 3 is 2.75 bits per heavy atom. The van der Waals surface area contributed by atoms with Gasteiger partial charge in [-0.3, -0.25) is 4.90 Å². The predicted octanol–water partition coefficient (Wildman–Crippen LogP) is 3.12. The molecule has 1 aliphatic rings. The topological polar surface area (TPSA) is 29.5 Å². The van der Waals surface area contributed by atoms with Gasteiger partial charge in [0.25, 0.3) is 0 Å². The highest BCUT2D eigenvalue weighted by molar-refractivity contribution is 8.00. The first-order valence-electron chi connectivity index (χ1n) is 7.24. The van der Waals surface area contributed by atoms with Crippen molar-refractivity contribution in [3.8, 4) is 0 Å². The van der Waals surface area contributed by atoms with Crippen LogP contribution >= 0.6 is 11.8 Å². The van der Waals surface area contributed by atoms with Gasteiger partial charge in [0.15, 0.2) is 0 Å². The molecule has 1 fully saturated rings. The van der Waals surface area contributed by atoms with Crippen LogP contribution < -0.4 is 0 Å². The highest BCUT2D eigenvalue weighted by Crippen LogP contribution is 2.32. The van der Waals surface area contributed by atoms with Crippen molar-refractivity contribution in [3.63, 3.8) is 0 Å². The molecule has 20 heavy (non-hydrogen) atoms. The van der Waals surface area contributed by atoms with Crippen LogP contribution in [-0.4, -0.2) is 41.1 Å². The van der Waals surface area contributed by atoms with E-state index in [-0.39, 0.29) is 12.0 Å². The molecule has 1 heterocycles. The van der Waals surface area contributed by atoms with Crippen LogP contribution in [0.2, 0.25) is 0 Å². The lowest BCUT2D eigenvalue weighted by molar-refractivity contribution is -0.150. The molecule has 0 spiro atoms. The van der Waals surface area contributed by atoms with E-state index >= 15 is 0 Å². The highest BCUT2D eigenvalue weighted by Gasteiger charge is 2.36. The Morgan fingerprint density at radius 2 is 2.10 bits per heavy atom. The zero-order valence-electron chi connectivity index (χ0n) is 12.4.